The zero-order chi connectivity index (χ0) is 15.1. The summed E-state index contributed by atoms with van der Waals surface area (Å²) in [6.45, 7) is 6.02. The SMILES string of the molecule is CN=C(NCc1ccc(COC)cc1)N1CCC(C)CC1. The lowest BCUT2D eigenvalue weighted by molar-refractivity contribution is 0.185. The summed E-state index contributed by atoms with van der Waals surface area (Å²) >= 11 is 0. The van der Waals surface area contributed by atoms with Gasteiger partial charge in [0.15, 0.2) is 5.96 Å². The van der Waals surface area contributed by atoms with Gasteiger partial charge < -0.3 is 15.0 Å². The smallest absolute Gasteiger partial charge is 0.193 e. The predicted molar refractivity (Wildman–Crippen MR) is 87.3 cm³/mol. The number of hydrogen-bond acceptors (Lipinski definition) is 2. The van der Waals surface area contributed by atoms with Crippen LogP contribution in [0.15, 0.2) is 29.3 Å². The first kappa shape index (κ1) is 15.8. The second-order valence-electron chi connectivity index (χ2n) is 5.82. The molecule has 1 saturated heterocycles. The first-order valence-corrected chi connectivity index (χ1v) is 7.75. The molecule has 2 rings (SSSR count). The molecule has 116 valence electrons. The van der Waals surface area contributed by atoms with Gasteiger partial charge in [-0.05, 0) is 29.9 Å². The zero-order valence-electron chi connectivity index (χ0n) is 13.4. The third-order valence-electron chi connectivity index (χ3n) is 4.08. The van der Waals surface area contributed by atoms with Gasteiger partial charge in [0.25, 0.3) is 0 Å². The number of ether oxygens (including phenoxy) is 1. The van der Waals surface area contributed by atoms with Crippen molar-refractivity contribution in [3.05, 3.63) is 35.4 Å². The van der Waals surface area contributed by atoms with E-state index in [4.69, 9.17) is 4.74 Å². The molecule has 1 N–H and O–H groups in total. The number of hydrogen-bond donors (Lipinski definition) is 1. The number of nitrogens with zero attached hydrogens (tertiary/aromatic N) is 2. The maximum atomic E-state index is 5.13. The standard InChI is InChI=1S/C17H27N3O/c1-14-8-10-20(11-9-14)17(18-2)19-12-15-4-6-16(7-5-15)13-21-3/h4-7,14H,8-13H2,1-3H3,(H,18,19). The Bertz CT molecular complexity index is 448. The van der Waals surface area contributed by atoms with E-state index in [2.05, 4.69) is 46.4 Å². The highest BCUT2D eigenvalue weighted by molar-refractivity contribution is 5.79. The maximum Gasteiger partial charge on any atom is 0.193 e. The van der Waals surface area contributed by atoms with Crippen LogP contribution < -0.4 is 5.32 Å². The zero-order valence-corrected chi connectivity index (χ0v) is 13.4. The van der Waals surface area contributed by atoms with Crippen LogP contribution >= 0.6 is 0 Å². The van der Waals surface area contributed by atoms with Crippen LogP contribution in [-0.4, -0.2) is 38.1 Å². The molecule has 0 bridgehead atoms. The Morgan fingerprint density at radius 1 is 1.24 bits per heavy atom. The fourth-order valence-corrected chi connectivity index (χ4v) is 2.65. The molecule has 0 unspecified atom stereocenters. The first-order chi connectivity index (χ1) is 10.2. The molecule has 21 heavy (non-hydrogen) atoms. The highest BCUT2D eigenvalue weighted by atomic mass is 16.5. The molecular weight excluding hydrogens is 262 g/mol. The Kier molecular flexibility index (Phi) is 6.05. The fraction of sp³-hybridized carbons (Fsp3) is 0.588. The van der Waals surface area contributed by atoms with Crippen molar-refractivity contribution < 1.29 is 4.74 Å². The van der Waals surface area contributed by atoms with E-state index < -0.39 is 0 Å². The van der Waals surface area contributed by atoms with E-state index in [1.165, 1.54) is 24.0 Å². The van der Waals surface area contributed by atoms with Crippen molar-refractivity contribution in [2.24, 2.45) is 10.9 Å². The predicted octanol–water partition coefficient (Wildman–Crippen LogP) is 2.64. The number of benzene rings is 1. The highest BCUT2D eigenvalue weighted by Crippen LogP contribution is 2.16. The van der Waals surface area contributed by atoms with Crippen molar-refractivity contribution in [1.29, 1.82) is 0 Å². The Labute approximate surface area is 128 Å². The summed E-state index contributed by atoms with van der Waals surface area (Å²) in [4.78, 5) is 6.77. The van der Waals surface area contributed by atoms with Crippen LogP contribution in [0.3, 0.4) is 0 Å². The van der Waals surface area contributed by atoms with E-state index in [1.807, 2.05) is 7.05 Å². The van der Waals surface area contributed by atoms with E-state index in [1.54, 1.807) is 7.11 Å². The largest absolute Gasteiger partial charge is 0.380 e. The number of likely N-dealkylation sites (tertiary alicyclic amines) is 1. The molecule has 0 amide bonds. The van der Waals surface area contributed by atoms with Crippen LogP contribution in [0.4, 0.5) is 0 Å². The average molecular weight is 289 g/mol. The van der Waals surface area contributed by atoms with Crippen molar-refractivity contribution in [1.82, 2.24) is 10.2 Å². The number of aliphatic imine (C=N–C) groups is 1. The van der Waals surface area contributed by atoms with E-state index in [0.29, 0.717) is 6.61 Å². The van der Waals surface area contributed by atoms with Gasteiger partial charge in [-0.1, -0.05) is 31.2 Å². The lowest BCUT2D eigenvalue weighted by Crippen LogP contribution is -2.45. The van der Waals surface area contributed by atoms with E-state index in [0.717, 1.165) is 31.5 Å². The average Bonchev–Trinajstić information content (AvgIpc) is 2.51. The van der Waals surface area contributed by atoms with Crippen LogP contribution in [0.2, 0.25) is 0 Å². The molecule has 1 aromatic rings. The monoisotopic (exact) mass is 289 g/mol. The van der Waals surface area contributed by atoms with Crippen LogP contribution in [0.25, 0.3) is 0 Å². The van der Waals surface area contributed by atoms with Gasteiger partial charge in [0, 0.05) is 33.8 Å². The van der Waals surface area contributed by atoms with Crippen molar-refractivity contribution >= 4 is 5.96 Å². The third kappa shape index (κ3) is 4.74. The molecule has 1 heterocycles. The quantitative estimate of drug-likeness (QED) is 0.684. The van der Waals surface area contributed by atoms with Crippen LogP contribution in [0.5, 0.6) is 0 Å². The molecule has 0 saturated carbocycles. The first-order valence-electron chi connectivity index (χ1n) is 7.75. The normalized spacial score (nSPS) is 17.1. The minimum atomic E-state index is 0.668. The number of guanidine groups is 1. The fourth-order valence-electron chi connectivity index (χ4n) is 2.65. The summed E-state index contributed by atoms with van der Waals surface area (Å²) in [6.07, 6.45) is 2.51. The second kappa shape index (κ2) is 8.03. The lowest BCUT2D eigenvalue weighted by Gasteiger charge is -2.32. The van der Waals surface area contributed by atoms with Gasteiger partial charge in [-0.3, -0.25) is 4.99 Å². The summed E-state index contributed by atoms with van der Waals surface area (Å²) in [5, 5.41) is 3.47. The van der Waals surface area contributed by atoms with Crippen LogP contribution in [-0.2, 0) is 17.9 Å². The van der Waals surface area contributed by atoms with Crippen LogP contribution in [0.1, 0.15) is 30.9 Å². The van der Waals surface area contributed by atoms with Gasteiger partial charge in [-0.2, -0.15) is 0 Å². The molecule has 4 heteroatoms. The van der Waals surface area contributed by atoms with Crippen molar-refractivity contribution in [2.45, 2.75) is 32.9 Å². The van der Waals surface area contributed by atoms with Gasteiger partial charge in [0.1, 0.15) is 0 Å². The Balaban J connectivity index is 1.85. The summed E-state index contributed by atoms with van der Waals surface area (Å²) in [6, 6.07) is 8.53. The molecule has 0 spiro atoms. The highest BCUT2D eigenvalue weighted by Gasteiger charge is 2.18. The minimum Gasteiger partial charge on any atom is -0.380 e. The van der Waals surface area contributed by atoms with Gasteiger partial charge in [-0.25, -0.2) is 0 Å². The minimum absolute atomic E-state index is 0.668. The number of piperidine rings is 1. The molecule has 0 atom stereocenters. The number of nitrogens with one attached hydrogen (secondary N) is 1. The summed E-state index contributed by atoms with van der Waals surface area (Å²) in [5.74, 6) is 1.86. The Morgan fingerprint density at radius 3 is 2.43 bits per heavy atom. The van der Waals surface area contributed by atoms with E-state index >= 15 is 0 Å². The molecule has 0 radical (unpaired) electrons. The number of methoxy groups -OCH3 is 1. The van der Waals surface area contributed by atoms with Crippen molar-refractivity contribution in [3.8, 4) is 0 Å². The Hall–Kier alpha value is -1.55. The molecule has 0 aromatic heterocycles. The molecule has 1 aromatic carbocycles. The van der Waals surface area contributed by atoms with E-state index in [9.17, 15) is 0 Å². The maximum absolute atomic E-state index is 5.13. The summed E-state index contributed by atoms with van der Waals surface area (Å²) in [7, 11) is 3.58. The van der Waals surface area contributed by atoms with Crippen molar-refractivity contribution in [2.75, 3.05) is 27.2 Å². The van der Waals surface area contributed by atoms with E-state index in [-0.39, 0.29) is 0 Å². The van der Waals surface area contributed by atoms with Gasteiger partial charge >= 0.3 is 0 Å². The molecule has 0 aliphatic carbocycles. The Morgan fingerprint density at radius 2 is 1.86 bits per heavy atom. The van der Waals surface area contributed by atoms with Gasteiger partial charge in [-0.15, -0.1) is 0 Å². The molecule has 1 aliphatic rings. The summed E-state index contributed by atoms with van der Waals surface area (Å²) < 4.78 is 5.13. The van der Waals surface area contributed by atoms with Crippen molar-refractivity contribution in [3.63, 3.8) is 0 Å². The molecule has 4 nitrogen and oxygen atoms in total. The topological polar surface area (TPSA) is 36.9 Å². The number of rotatable bonds is 4. The third-order valence-corrected chi connectivity index (χ3v) is 4.08. The summed E-state index contributed by atoms with van der Waals surface area (Å²) in [5.41, 5.74) is 2.47. The lowest BCUT2D eigenvalue weighted by atomic mass is 9.99. The second-order valence-corrected chi connectivity index (χ2v) is 5.82. The molecular formula is C17H27N3O. The van der Waals surface area contributed by atoms with Gasteiger partial charge in [0.05, 0.1) is 6.61 Å². The molecule has 1 fully saturated rings. The molecule has 1 aliphatic heterocycles. The van der Waals surface area contributed by atoms with Gasteiger partial charge in [0.2, 0.25) is 0 Å². The van der Waals surface area contributed by atoms with Crippen LogP contribution in [0, 0.1) is 5.92 Å².